The Bertz CT molecular complexity index is 542. The minimum atomic E-state index is -0.361. The van der Waals surface area contributed by atoms with Crippen molar-refractivity contribution < 1.29 is 268 Å². The molecule has 2 saturated carbocycles. The quantitative estimate of drug-likeness (QED) is 0.227. The summed E-state index contributed by atoms with van der Waals surface area (Å²) in [5, 5.41) is -0.852. The standard InChI is InChI=1S/C8H13O.C7H11ClO.2C3H5O.2C2H3ClO.3Am.6Y/c1-7(9)8-5-3-2-4-6-8;8-7(9)6-4-2-1-3-5-6;2*1-3(2)4;2*1-2(3)4;;;;;;;;;/h8H,1-6H2;6H,1-5H2;2*1H2,2H3;2*1H3;;;;;;;;;/q-1;;2*-1;;;;;;;;;;;. The summed E-state index contributed by atoms with van der Waals surface area (Å²) in [6, 6.07) is 0. The zero-order valence-electron chi connectivity index (χ0n) is 25.5. The zero-order chi connectivity index (χ0) is 27.7. The summed E-state index contributed by atoms with van der Waals surface area (Å²) in [6.45, 7) is 14.8. The van der Waals surface area contributed by atoms with E-state index in [4.69, 9.17) is 11.6 Å². The molecule has 0 heterocycles. The van der Waals surface area contributed by atoms with E-state index >= 15 is 0 Å². The van der Waals surface area contributed by atoms with Gasteiger partial charge in [-0.3, -0.25) is 14.4 Å². The van der Waals surface area contributed by atoms with Crippen LogP contribution in [0.5, 0.6) is 0 Å². The van der Waals surface area contributed by atoms with Crippen molar-refractivity contribution in [2.24, 2.45) is 11.8 Å². The van der Waals surface area contributed by atoms with Gasteiger partial charge >= 0.3 is 0 Å². The molecule has 0 unspecified atom stereocenters. The Morgan fingerprint density at radius 1 is 0.465 bits per heavy atom. The van der Waals surface area contributed by atoms with Crippen molar-refractivity contribution in [2.75, 3.05) is 0 Å². The van der Waals surface area contributed by atoms with E-state index in [0.717, 1.165) is 25.7 Å². The third-order valence-electron chi connectivity index (χ3n) is 3.99. The molecule has 2 aliphatic carbocycles. The van der Waals surface area contributed by atoms with Gasteiger partial charge in [0.1, 0.15) is 0 Å². The Kier molecular flexibility index (Phi) is 135. The molecular weight excluding hydrogens is 1770 g/mol. The van der Waals surface area contributed by atoms with Gasteiger partial charge in [-0.15, -0.1) is 0 Å². The number of rotatable bonds is 2. The summed E-state index contributed by atoms with van der Waals surface area (Å²) in [4.78, 5) is 58.3. The van der Waals surface area contributed by atoms with Crippen molar-refractivity contribution >= 4 is 67.9 Å². The number of carbonyl (C=O) groups excluding carboxylic acids is 6. The molecule has 0 N–H and O–H groups in total. The fraction of sp³-hybridized carbons (Fsp3) is 0.640. The first-order valence-corrected chi connectivity index (χ1v) is 12.2. The summed E-state index contributed by atoms with van der Waals surface area (Å²) in [6.07, 6.45) is 11.6. The van der Waals surface area contributed by atoms with Gasteiger partial charge in [0.25, 0.3) is 0 Å². The molecular formula is C25H40Am3Cl3O6Y6-3. The number of hydrogen-bond donors (Lipinski definition) is 0. The molecule has 2 fully saturated rings. The summed E-state index contributed by atoms with van der Waals surface area (Å²) >= 11 is 14.6. The number of carbonyl (C=O) groups is 6. The van der Waals surface area contributed by atoms with Crippen LogP contribution in [0.1, 0.15) is 91.9 Å². The van der Waals surface area contributed by atoms with Gasteiger partial charge in [-0.2, -0.15) is 0 Å². The average molecular weight is 1810 g/mol. The zero-order valence-corrected chi connectivity index (χ0v) is 54.3. The van der Waals surface area contributed by atoms with Crippen molar-refractivity contribution in [1.29, 1.82) is 0 Å². The van der Waals surface area contributed by atoms with Crippen LogP contribution in [0.25, 0.3) is 0 Å². The third kappa shape index (κ3) is 113. The third-order valence-corrected chi connectivity index (χ3v) is 4.30. The Morgan fingerprint density at radius 2 is 0.628 bits per heavy atom. The van der Waals surface area contributed by atoms with E-state index in [0.29, 0.717) is 5.92 Å². The fourth-order valence-electron chi connectivity index (χ4n) is 2.75. The molecule has 6 nitrogen and oxygen atoms in total. The summed E-state index contributed by atoms with van der Waals surface area (Å²) in [7, 11) is 0. The van der Waals surface area contributed by atoms with E-state index < -0.39 is 0 Å². The van der Waals surface area contributed by atoms with Crippen LogP contribution in [0.15, 0.2) is 0 Å². The summed E-state index contributed by atoms with van der Waals surface area (Å²) in [5.74, 6) is 0.467. The van der Waals surface area contributed by atoms with Crippen molar-refractivity contribution in [3.05, 3.63) is 20.8 Å². The maximum Gasteiger partial charge on any atom is 0.224 e. The van der Waals surface area contributed by atoms with E-state index in [1.165, 1.54) is 66.2 Å². The normalized spacial score (nSPS) is 11.5. The average Bonchev–Trinajstić information content (AvgIpc) is 2.68. The Hall–Kier alpha value is 6.29. The topological polar surface area (TPSA) is 102 Å². The molecule has 0 bridgehead atoms. The second-order valence-electron chi connectivity index (χ2n) is 7.78. The van der Waals surface area contributed by atoms with Gasteiger partial charge in [0, 0.05) is 259 Å². The first-order chi connectivity index (χ1) is 15.5. The van der Waals surface area contributed by atoms with Crippen LogP contribution >= 0.6 is 34.8 Å². The smallest absolute Gasteiger partial charge is 0.224 e. The molecule has 2 aliphatic rings. The van der Waals surface area contributed by atoms with Crippen LogP contribution in [-0.4, -0.2) is 33.1 Å². The molecule has 9 radical (unpaired) electrons. The van der Waals surface area contributed by atoms with Crippen molar-refractivity contribution in [2.45, 2.75) is 91.9 Å². The number of Topliss-reactive ketones (excluding diaryl/α,β-unsaturated/α-hetero) is 3. The van der Waals surface area contributed by atoms with Crippen LogP contribution in [-0.2, 0) is 225 Å². The van der Waals surface area contributed by atoms with Crippen LogP contribution in [0.2, 0.25) is 0 Å². The van der Waals surface area contributed by atoms with E-state index in [-0.39, 0.29) is 278 Å². The van der Waals surface area contributed by atoms with Gasteiger partial charge in [0.2, 0.25) is 15.7 Å². The van der Waals surface area contributed by atoms with Crippen molar-refractivity contribution in [1.82, 2.24) is 0 Å². The van der Waals surface area contributed by atoms with Gasteiger partial charge in [-0.05, 0) is 97.6 Å². The molecule has 0 aromatic carbocycles. The second-order valence-corrected chi connectivity index (χ2v) is 9.22. The molecule has 0 aliphatic heterocycles. The minimum absolute atomic E-state index is 0. The summed E-state index contributed by atoms with van der Waals surface area (Å²) < 4.78 is 0. The van der Waals surface area contributed by atoms with Gasteiger partial charge in [-0.1, -0.05) is 38.5 Å². The van der Waals surface area contributed by atoms with Crippen LogP contribution in [0, 0.1) is 75.5 Å². The first-order valence-electron chi connectivity index (χ1n) is 11.1. The maximum absolute atomic E-state index is 10.7. The Labute approximate surface area is 451 Å². The molecule has 2 rings (SSSR count). The van der Waals surface area contributed by atoms with Gasteiger partial charge < -0.3 is 35.2 Å². The van der Waals surface area contributed by atoms with Gasteiger partial charge in [0.15, 0.2) is 0 Å². The summed E-state index contributed by atoms with van der Waals surface area (Å²) in [5.41, 5.74) is 0. The Balaban J connectivity index is -0.0000000228. The Morgan fingerprint density at radius 3 is 0.721 bits per heavy atom. The monoisotopic (exact) mass is 1800 g/mol. The predicted molar refractivity (Wildman–Crippen MR) is 140 cm³/mol. The van der Waals surface area contributed by atoms with Crippen molar-refractivity contribution in [3.63, 3.8) is 0 Å². The number of hydrogen-bond acceptors (Lipinski definition) is 6. The molecule has 0 aromatic heterocycles. The van der Waals surface area contributed by atoms with E-state index in [1.807, 2.05) is 0 Å². The first kappa shape index (κ1) is 87.3. The minimum Gasteiger partial charge on any atom is -0.340 e. The number of ketones is 3. The van der Waals surface area contributed by atoms with Gasteiger partial charge in [-0.25, -0.2) is 0 Å². The van der Waals surface area contributed by atoms with E-state index in [9.17, 15) is 28.8 Å². The van der Waals surface area contributed by atoms with Gasteiger partial charge in [0.05, 0.1) is 0 Å². The van der Waals surface area contributed by atoms with E-state index in [1.54, 1.807) is 0 Å². The molecule has 0 aromatic rings. The SMILES string of the molecule is CC(=O)Cl.CC(=O)Cl.O=C(Cl)C1CCCCC1.[Am].[Am].[Am].[CH2-]C(=O)C1CCCCC1.[CH2-]C(C)=O.[CH2-]C(C)=O.[Y].[Y].[Y].[Y].[Y].[Y]. The van der Waals surface area contributed by atoms with Crippen LogP contribution in [0.4, 0.5) is 0 Å². The predicted octanol–water partition coefficient (Wildman–Crippen LogP) is 6.65. The fourth-order valence-corrected chi connectivity index (χ4v) is 2.97. The molecule has 0 saturated heterocycles. The molecule has 0 spiro atoms. The second kappa shape index (κ2) is 66.5. The molecule has 0 atom stereocenters. The molecule has 43 heavy (non-hydrogen) atoms. The largest absolute Gasteiger partial charge is 0.340 e. The molecule has 0 amide bonds. The molecule has 239 valence electrons. The number of halogens is 3. The van der Waals surface area contributed by atoms with E-state index in [2.05, 4.69) is 44.0 Å². The molecule has 18 heteroatoms. The maximum atomic E-state index is 10.7. The van der Waals surface area contributed by atoms with Crippen LogP contribution < -0.4 is 0 Å². The van der Waals surface area contributed by atoms with Crippen molar-refractivity contribution in [3.8, 4) is 0 Å². The van der Waals surface area contributed by atoms with Crippen LogP contribution in [0.3, 0.4) is 0 Å².